The number of aromatic nitrogens is 4. The fourth-order valence-corrected chi connectivity index (χ4v) is 0.223. The molecule has 0 bridgehead atoms. The molecule has 0 atom stereocenters. The molecule has 0 aliphatic rings. The van der Waals surface area contributed by atoms with Gasteiger partial charge in [-0.15, -0.1) is 29.9 Å². The lowest BCUT2D eigenvalue weighted by Gasteiger charge is -1.80. The molecule has 1 rings (SSSR count). The number of nitrogens with two attached hydrogens (primary N) is 1. The Balaban J connectivity index is 0. The summed E-state index contributed by atoms with van der Waals surface area (Å²) in [5.74, 6) is 5.15. The first-order chi connectivity index (χ1) is 3.43. The lowest BCUT2D eigenvalue weighted by atomic mass is 11.1. The Hall–Kier alpha value is -0.590. The Labute approximate surface area is 63.4 Å². The van der Waals surface area contributed by atoms with E-state index in [1.807, 2.05) is 0 Å². The van der Waals surface area contributed by atoms with Crippen molar-refractivity contribution >= 4 is 30.8 Å². The number of hydrogen-bond donors (Lipinski definition) is 3. The summed E-state index contributed by atoms with van der Waals surface area (Å²) in [6, 6.07) is 0. The number of H-pyrrole nitrogens is 1. The highest BCUT2D eigenvalue weighted by Crippen LogP contribution is 1.80. The van der Waals surface area contributed by atoms with Crippen molar-refractivity contribution in [3.63, 3.8) is 0 Å². The summed E-state index contributed by atoms with van der Waals surface area (Å²) in [5, 5.41) is 12.3. The second-order valence-corrected chi connectivity index (χ2v) is 0.880. The Morgan fingerprint density at radius 2 is 2.11 bits per heavy atom. The van der Waals surface area contributed by atoms with Gasteiger partial charge in [-0.2, -0.15) is 5.21 Å². The van der Waals surface area contributed by atoms with Crippen molar-refractivity contribution < 1.29 is 0 Å². The molecule has 1 aromatic rings. The Kier molecular flexibility index (Phi) is 6.92. The van der Waals surface area contributed by atoms with Crippen LogP contribution in [0.1, 0.15) is 0 Å². The van der Waals surface area contributed by atoms with E-state index in [4.69, 9.17) is 5.84 Å². The molecule has 0 unspecified atom stereocenters. The highest BCUT2D eigenvalue weighted by molar-refractivity contribution is 5.85. The molecule has 0 aromatic carbocycles. The molecule has 8 heteroatoms. The molecule has 0 amide bonds. The Morgan fingerprint density at radius 3 is 2.33 bits per heavy atom. The molecule has 0 spiro atoms. The summed E-state index contributed by atoms with van der Waals surface area (Å²) in [6.07, 6.45) is 0. The molecule has 0 aliphatic carbocycles. The quantitative estimate of drug-likeness (QED) is 0.386. The molecule has 0 fully saturated rings. The van der Waals surface area contributed by atoms with Gasteiger partial charge >= 0.3 is 0 Å². The summed E-state index contributed by atoms with van der Waals surface area (Å²) in [4.78, 5) is 0. The molecule has 1 heterocycles. The van der Waals surface area contributed by atoms with E-state index in [-0.39, 0.29) is 24.8 Å². The predicted octanol–water partition coefficient (Wildman–Crippen LogP) is -0.671. The number of tetrazole rings is 1. The summed E-state index contributed by atoms with van der Waals surface area (Å²) in [7, 11) is 0. The van der Waals surface area contributed by atoms with Crippen molar-refractivity contribution in [2.24, 2.45) is 5.84 Å². The van der Waals surface area contributed by atoms with E-state index in [1.54, 1.807) is 0 Å². The van der Waals surface area contributed by atoms with Gasteiger partial charge in [-0.1, -0.05) is 5.10 Å². The molecule has 4 N–H and O–H groups in total. The maximum Gasteiger partial charge on any atom is 0.277 e. The number of nitrogen functional groups attached to an aromatic ring is 1. The van der Waals surface area contributed by atoms with Gasteiger partial charge in [0.1, 0.15) is 0 Å². The van der Waals surface area contributed by atoms with E-state index in [2.05, 4.69) is 26.0 Å². The zero-order valence-electron chi connectivity index (χ0n) is 4.24. The van der Waals surface area contributed by atoms with Crippen molar-refractivity contribution in [3.05, 3.63) is 0 Å². The molecule has 54 valence electrons. The van der Waals surface area contributed by atoms with Crippen LogP contribution in [0.4, 0.5) is 5.95 Å². The number of anilines is 1. The summed E-state index contributed by atoms with van der Waals surface area (Å²) in [6.45, 7) is 0. The van der Waals surface area contributed by atoms with E-state index in [0.717, 1.165) is 0 Å². The van der Waals surface area contributed by atoms with Crippen molar-refractivity contribution in [2.75, 3.05) is 5.43 Å². The molecule has 0 saturated heterocycles. The van der Waals surface area contributed by atoms with E-state index in [9.17, 15) is 0 Å². The predicted molar refractivity (Wildman–Crippen MR) is 36.5 cm³/mol. The Morgan fingerprint density at radius 1 is 1.44 bits per heavy atom. The lowest BCUT2D eigenvalue weighted by molar-refractivity contribution is 0.881. The molecular weight excluding hydrogens is 167 g/mol. The summed E-state index contributed by atoms with van der Waals surface area (Å²) >= 11 is 0. The van der Waals surface area contributed by atoms with Crippen molar-refractivity contribution in [2.45, 2.75) is 0 Å². The zero-order chi connectivity index (χ0) is 5.11. The second-order valence-electron chi connectivity index (χ2n) is 0.880. The molecular formula is CH6Cl2N6. The van der Waals surface area contributed by atoms with E-state index < -0.39 is 0 Å². The van der Waals surface area contributed by atoms with Crippen LogP contribution in [0, 0.1) is 0 Å². The van der Waals surface area contributed by atoms with Crippen molar-refractivity contribution in [1.29, 1.82) is 0 Å². The molecule has 9 heavy (non-hydrogen) atoms. The topological polar surface area (TPSA) is 92.5 Å². The van der Waals surface area contributed by atoms with Crippen molar-refractivity contribution in [3.8, 4) is 0 Å². The van der Waals surface area contributed by atoms with Crippen LogP contribution in [0.5, 0.6) is 0 Å². The number of nitrogens with one attached hydrogen (secondary N) is 2. The largest absolute Gasteiger partial charge is 0.290 e. The van der Waals surface area contributed by atoms with Crippen LogP contribution in [0.3, 0.4) is 0 Å². The first kappa shape index (κ1) is 11.2. The average Bonchev–Trinajstić information content (AvgIpc) is 2.14. The van der Waals surface area contributed by atoms with Crippen LogP contribution in [-0.4, -0.2) is 20.6 Å². The lowest BCUT2D eigenvalue weighted by Crippen LogP contribution is -2.07. The van der Waals surface area contributed by atoms with Crippen LogP contribution >= 0.6 is 24.8 Å². The highest BCUT2D eigenvalue weighted by Gasteiger charge is 1.85. The number of hydrazine groups is 1. The third-order valence-corrected chi connectivity index (χ3v) is 0.474. The summed E-state index contributed by atoms with van der Waals surface area (Å²) in [5.41, 5.74) is 2.19. The van der Waals surface area contributed by atoms with Crippen LogP contribution in [-0.2, 0) is 0 Å². The first-order valence-electron chi connectivity index (χ1n) is 1.63. The van der Waals surface area contributed by atoms with Crippen molar-refractivity contribution in [1.82, 2.24) is 20.6 Å². The fraction of sp³-hybridized carbons (Fsp3) is 0. The molecule has 1 aromatic heterocycles. The molecule has 6 nitrogen and oxygen atoms in total. The smallest absolute Gasteiger partial charge is 0.277 e. The average molecular weight is 173 g/mol. The van der Waals surface area contributed by atoms with Crippen LogP contribution in [0.2, 0.25) is 0 Å². The van der Waals surface area contributed by atoms with E-state index >= 15 is 0 Å². The fourth-order valence-electron chi connectivity index (χ4n) is 0.223. The van der Waals surface area contributed by atoms with Crippen LogP contribution < -0.4 is 11.3 Å². The molecule has 0 saturated carbocycles. The normalized spacial score (nSPS) is 6.78. The van der Waals surface area contributed by atoms with Gasteiger partial charge in [-0.3, -0.25) is 5.43 Å². The highest BCUT2D eigenvalue weighted by atomic mass is 35.5. The van der Waals surface area contributed by atoms with Crippen LogP contribution in [0.25, 0.3) is 0 Å². The van der Waals surface area contributed by atoms with Gasteiger partial charge in [0.15, 0.2) is 0 Å². The molecule has 0 radical (unpaired) electrons. The third kappa shape index (κ3) is 3.07. The Bertz CT molecular complexity index is 126. The van der Waals surface area contributed by atoms with Crippen LogP contribution in [0.15, 0.2) is 0 Å². The van der Waals surface area contributed by atoms with Gasteiger partial charge in [0, 0.05) is 0 Å². The second kappa shape index (κ2) is 5.54. The van der Waals surface area contributed by atoms with E-state index in [1.165, 1.54) is 0 Å². The minimum atomic E-state index is 0. The van der Waals surface area contributed by atoms with Gasteiger partial charge in [-0.05, 0) is 5.21 Å². The standard InChI is InChI=1S/CH4N6.2ClH/c2-3-1-4-6-7-5-1;;/h2H2,(H2,3,4,5,6,7);2*1H. The summed E-state index contributed by atoms with van der Waals surface area (Å²) < 4.78 is 0. The number of rotatable bonds is 1. The minimum absolute atomic E-state index is 0. The minimum Gasteiger partial charge on any atom is -0.290 e. The number of halogens is 2. The number of hydrogen-bond acceptors (Lipinski definition) is 5. The monoisotopic (exact) mass is 172 g/mol. The SMILES string of the molecule is Cl.Cl.NNc1nn[nH]n1. The van der Waals surface area contributed by atoms with Gasteiger partial charge in [0.25, 0.3) is 5.95 Å². The molecule has 0 aliphatic heterocycles. The maximum absolute atomic E-state index is 4.86. The van der Waals surface area contributed by atoms with E-state index in [0.29, 0.717) is 5.95 Å². The van der Waals surface area contributed by atoms with Gasteiger partial charge in [0.05, 0.1) is 0 Å². The first-order valence-corrected chi connectivity index (χ1v) is 1.63. The maximum atomic E-state index is 4.86. The number of nitrogens with zero attached hydrogens (tertiary/aromatic N) is 3. The third-order valence-electron chi connectivity index (χ3n) is 0.474. The number of aromatic amines is 1. The van der Waals surface area contributed by atoms with Gasteiger partial charge < -0.3 is 0 Å². The van der Waals surface area contributed by atoms with Gasteiger partial charge in [-0.25, -0.2) is 5.84 Å². The van der Waals surface area contributed by atoms with Gasteiger partial charge in [0.2, 0.25) is 0 Å². The zero-order valence-corrected chi connectivity index (χ0v) is 5.87.